The van der Waals surface area contributed by atoms with Gasteiger partial charge in [-0.25, -0.2) is 4.98 Å². The molecule has 0 bridgehead atoms. The van der Waals surface area contributed by atoms with E-state index in [9.17, 15) is 0 Å². The van der Waals surface area contributed by atoms with Crippen molar-refractivity contribution in [3.05, 3.63) is 186 Å². The number of hydrogen-bond acceptors (Lipinski definition) is 1. The number of rotatable bonds is 7. The molecule has 2 heteroatoms. The molecule has 0 aliphatic heterocycles. The summed E-state index contributed by atoms with van der Waals surface area (Å²) in [6, 6.07) is 51.7. The Kier molecular flexibility index (Phi) is 6.46. The van der Waals surface area contributed by atoms with Crippen molar-refractivity contribution in [2.75, 3.05) is 0 Å². The molecule has 0 atom stereocenters. The van der Waals surface area contributed by atoms with Crippen LogP contribution in [0.2, 0.25) is 0 Å². The summed E-state index contributed by atoms with van der Waals surface area (Å²) in [5.74, 6) is 0.984. The highest BCUT2D eigenvalue weighted by Crippen LogP contribution is 2.41. The highest BCUT2D eigenvalue weighted by atomic mass is 15.1. The summed E-state index contributed by atoms with van der Waals surface area (Å²) < 4.78 is 2.36. The fraction of sp³-hybridized carbons (Fsp3) is 0.0833. The first kappa shape index (κ1) is 23.7. The summed E-state index contributed by atoms with van der Waals surface area (Å²) in [6.45, 7) is 2.12. The molecule has 38 heavy (non-hydrogen) atoms. The number of benzene rings is 5. The van der Waals surface area contributed by atoms with Crippen LogP contribution in [0.3, 0.4) is 0 Å². The van der Waals surface area contributed by atoms with Gasteiger partial charge in [-0.1, -0.05) is 146 Å². The number of imidazole rings is 1. The molecule has 0 saturated carbocycles. The summed E-state index contributed by atoms with van der Waals surface area (Å²) in [4.78, 5) is 5.09. The lowest BCUT2D eigenvalue weighted by molar-refractivity contribution is 0.501. The number of aromatic nitrogens is 2. The van der Waals surface area contributed by atoms with E-state index in [1.54, 1.807) is 0 Å². The Morgan fingerprint density at radius 3 is 1.42 bits per heavy atom. The Hall–Kier alpha value is -4.69. The van der Waals surface area contributed by atoms with Crippen molar-refractivity contribution < 1.29 is 0 Å². The van der Waals surface area contributed by atoms with E-state index in [0.29, 0.717) is 0 Å². The van der Waals surface area contributed by atoms with Gasteiger partial charge in [-0.3, -0.25) is 0 Å². The Bertz CT molecular complexity index is 1510. The minimum absolute atomic E-state index is 0.545. The van der Waals surface area contributed by atoms with Gasteiger partial charge in [0.1, 0.15) is 11.4 Å². The Balaban J connectivity index is 1.46. The van der Waals surface area contributed by atoms with Crippen LogP contribution >= 0.6 is 0 Å². The molecule has 0 aliphatic rings. The second-order valence-corrected chi connectivity index (χ2v) is 9.70. The summed E-state index contributed by atoms with van der Waals surface area (Å²) in [6.07, 6.45) is 3.02. The maximum absolute atomic E-state index is 5.09. The third-order valence-corrected chi connectivity index (χ3v) is 7.31. The van der Waals surface area contributed by atoms with Crippen molar-refractivity contribution in [3.63, 3.8) is 0 Å². The highest BCUT2D eigenvalue weighted by molar-refractivity contribution is 5.63. The molecule has 0 radical (unpaired) electrons. The van der Waals surface area contributed by atoms with Crippen LogP contribution in [0, 0.1) is 6.92 Å². The van der Waals surface area contributed by atoms with E-state index in [2.05, 4.69) is 163 Å². The van der Waals surface area contributed by atoms with E-state index < -0.39 is 5.54 Å². The zero-order valence-electron chi connectivity index (χ0n) is 21.5. The van der Waals surface area contributed by atoms with E-state index in [0.717, 1.165) is 17.9 Å². The third kappa shape index (κ3) is 4.35. The second-order valence-electron chi connectivity index (χ2n) is 9.70. The van der Waals surface area contributed by atoms with Crippen LogP contribution in [-0.4, -0.2) is 9.55 Å². The van der Waals surface area contributed by atoms with Crippen LogP contribution in [0.15, 0.2) is 152 Å². The lowest BCUT2D eigenvalue weighted by Gasteiger charge is -2.38. The molecule has 1 aromatic heterocycles. The minimum atomic E-state index is -0.545. The van der Waals surface area contributed by atoms with Crippen molar-refractivity contribution in [2.45, 2.75) is 18.9 Å². The zero-order valence-corrected chi connectivity index (χ0v) is 21.5. The van der Waals surface area contributed by atoms with Crippen molar-refractivity contribution in [2.24, 2.45) is 0 Å². The fourth-order valence-corrected chi connectivity index (χ4v) is 5.57. The first-order chi connectivity index (χ1) is 18.7. The quantitative estimate of drug-likeness (QED) is 0.206. The molecule has 0 saturated heterocycles. The Morgan fingerprint density at radius 2 is 0.947 bits per heavy atom. The zero-order chi connectivity index (χ0) is 25.8. The molecule has 6 rings (SSSR count). The Morgan fingerprint density at radius 1 is 0.526 bits per heavy atom. The van der Waals surface area contributed by atoms with Gasteiger partial charge < -0.3 is 4.57 Å². The van der Waals surface area contributed by atoms with Crippen molar-refractivity contribution >= 4 is 0 Å². The topological polar surface area (TPSA) is 17.8 Å². The average molecular weight is 491 g/mol. The van der Waals surface area contributed by atoms with E-state index in [1.165, 1.54) is 33.4 Å². The molecular formula is C36H30N2. The first-order valence-corrected chi connectivity index (χ1v) is 13.1. The van der Waals surface area contributed by atoms with Gasteiger partial charge in [-0.05, 0) is 40.3 Å². The van der Waals surface area contributed by atoms with Gasteiger partial charge in [-0.15, -0.1) is 0 Å². The SMILES string of the molecule is Cc1nc(Cc2ccc(-c3ccccc3)cc2)cn1C(c1ccccc1)(c1ccccc1)c1ccccc1. The van der Waals surface area contributed by atoms with Crippen LogP contribution in [-0.2, 0) is 12.0 Å². The molecule has 184 valence electrons. The standard InChI is InChI=1S/C36H30N2/c1-28-37-35(26-29-22-24-31(25-23-29)30-14-6-2-7-15-30)27-38(28)36(32-16-8-3-9-17-32,33-18-10-4-11-19-33)34-20-12-5-13-21-34/h2-25,27H,26H2,1H3. The highest BCUT2D eigenvalue weighted by Gasteiger charge is 2.39. The maximum atomic E-state index is 5.09. The van der Waals surface area contributed by atoms with E-state index in [4.69, 9.17) is 4.98 Å². The van der Waals surface area contributed by atoms with Crippen LogP contribution in [0.25, 0.3) is 11.1 Å². The second kappa shape index (κ2) is 10.4. The molecule has 1 heterocycles. The summed E-state index contributed by atoms with van der Waals surface area (Å²) in [7, 11) is 0. The minimum Gasteiger partial charge on any atom is -0.316 e. The van der Waals surface area contributed by atoms with Gasteiger partial charge in [0, 0.05) is 12.6 Å². The molecule has 0 spiro atoms. The molecule has 6 aromatic rings. The van der Waals surface area contributed by atoms with Crippen LogP contribution in [0.1, 0.15) is 33.8 Å². The Labute approximate surface area is 224 Å². The third-order valence-electron chi connectivity index (χ3n) is 7.31. The summed E-state index contributed by atoms with van der Waals surface area (Å²) in [5.41, 5.74) is 7.84. The van der Waals surface area contributed by atoms with Gasteiger partial charge in [0.15, 0.2) is 0 Å². The van der Waals surface area contributed by atoms with E-state index in [1.807, 2.05) is 0 Å². The largest absolute Gasteiger partial charge is 0.316 e. The normalized spacial score (nSPS) is 11.4. The fourth-order valence-electron chi connectivity index (χ4n) is 5.57. The molecular weight excluding hydrogens is 460 g/mol. The van der Waals surface area contributed by atoms with Crippen LogP contribution in [0.4, 0.5) is 0 Å². The van der Waals surface area contributed by atoms with Gasteiger partial charge in [-0.2, -0.15) is 0 Å². The van der Waals surface area contributed by atoms with E-state index >= 15 is 0 Å². The maximum Gasteiger partial charge on any atom is 0.121 e. The van der Waals surface area contributed by atoms with Crippen molar-refractivity contribution in [1.82, 2.24) is 9.55 Å². The molecule has 0 N–H and O–H groups in total. The average Bonchev–Trinajstić information content (AvgIpc) is 3.36. The molecule has 2 nitrogen and oxygen atoms in total. The van der Waals surface area contributed by atoms with E-state index in [-0.39, 0.29) is 0 Å². The molecule has 0 amide bonds. The lowest BCUT2D eigenvalue weighted by atomic mass is 9.76. The number of aryl methyl sites for hydroxylation is 1. The van der Waals surface area contributed by atoms with Crippen LogP contribution < -0.4 is 0 Å². The van der Waals surface area contributed by atoms with Crippen LogP contribution in [0.5, 0.6) is 0 Å². The van der Waals surface area contributed by atoms with Crippen molar-refractivity contribution in [3.8, 4) is 11.1 Å². The summed E-state index contributed by atoms with van der Waals surface area (Å²) >= 11 is 0. The predicted octanol–water partition coefficient (Wildman–Crippen LogP) is 8.29. The van der Waals surface area contributed by atoms with Crippen molar-refractivity contribution in [1.29, 1.82) is 0 Å². The molecule has 0 aliphatic carbocycles. The number of nitrogens with zero attached hydrogens (tertiary/aromatic N) is 2. The van der Waals surface area contributed by atoms with Gasteiger partial charge in [0.25, 0.3) is 0 Å². The molecule has 5 aromatic carbocycles. The van der Waals surface area contributed by atoms with Gasteiger partial charge >= 0.3 is 0 Å². The van der Waals surface area contributed by atoms with Gasteiger partial charge in [0.2, 0.25) is 0 Å². The predicted molar refractivity (Wildman–Crippen MR) is 156 cm³/mol. The lowest BCUT2D eigenvalue weighted by Crippen LogP contribution is -2.38. The number of hydrogen-bond donors (Lipinski definition) is 0. The summed E-state index contributed by atoms with van der Waals surface area (Å²) in [5, 5.41) is 0. The monoisotopic (exact) mass is 490 g/mol. The smallest absolute Gasteiger partial charge is 0.121 e. The first-order valence-electron chi connectivity index (χ1n) is 13.1. The van der Waals surface area contributed by atoms with Gasteiger partial charge in [0.05, 0.1) is 5.69 Å². The molecule has 0 unspecified atom stereocenters. The molecule has 0 fully saturated rings.